The van der Waals surface area contributed by atoms with Gasteiger partial charge in [0.15, 0.2) is 0 Å². The molecule has 1 fully saturated rings. The van der Waals surface area contributed by atoms with Crippen LogP contribution in [-0.2, 0) is 20.1 Å². The van der Waals surface area contributed by atoms with E-state index in [1.54, 1.807) is 14.2 Å². The summed E-state index contributed by atoms with van der Waals surface area (Å²) >= 11 is 0. The molecule has 176 valence electrons. The highest BCUT2D eigenvalue weighted by Gasteiger charge is 2.29. The fourth-order valence-electron chi connectivity index (χ4n) is 4.97. The highest BCUT2D eigenvalue weighted by atomic mass is 16.5. The molecule has 33 heavy (non-hydrogen) atoms. The summed E-state index contributed by atoms with van der Waals surface area (Å²) < 4.78 is 13.1. The summed E-state index contributed by atoms with van der Waals surface area (Å²) in [4.78, 5) is 2.57. The molecular weight excluding hydrogens is 412 g/mol. The highest BCUT2D eigenvalue weighted by molar-refractivity contribution is 5.61. The van der Waals surface area contributed by atoms with Crippen molar-refractivity contribution in [2.75, 3.05) is 14.2 Å². The fraction of sp³-hybridized carbons (Fsp3) is 0.481. The molecule has 0 bridgehead atoms. The van der Waals surface area contributed by atoms with Gasteiger partial charge in [0.1, 0.15) is 17.2 Å². The number of aryl methyl sites for hydroxylation is 2. The van der Waals surface area contributed by atoms with Gasteiger partial charge in [-0.15, -0.1) is 5.10 Å². The summed E-state index contributed by atoms with van der Waals surface area (Å²) in [7, 11) is 5.40. The van der Waals surface area contributed by atoms with E-state index in [0.29, 0.717) is 12.0 Å². The molecule has 6 nitrogen and oxygen atoms in total. The maximum atomic E-state index is 5.72. The number of aromatic nitrogens is 3. The zero-order valence-corrected chi connectivity index (χ0v) is 20.5. The van der Waals surface area contributed by atoms with Gasteiger partial charge in [-0.25, -0.2) is 0 Å². The Bertz CT molecular complexity index is 1050. The molecule has 0 saturated heterocycles. The van der Waals surface area contributed by atoms with Gasteiger partial charge in [0.05, 0.1) is 19.9 Å². The van der Waals surface area contributed by atoms with Crippen molar-refractivity contribution in [1.29, 1.82) is 0 Å². The molecule has 6 heteroatoms. The van der Waals surface area contributed by atoms with Gasteiger partial charge in [0, 0.05) is 43.4 Å². The van der Waals surface area contributed by atoms with Crippen LogP contribution < -0.4 is 9.47 Å². The van der Waals surface area contributed by atoms with Crippen molar-refractivity contribution < 1.29 is 9.47 Å². The molecule has 0 radical (unpaired) electrons. The fourth-order valence-corrected chi connectivity index (χ4v) is 4.97. The smallest absolute Gasteiger partial charge is 0.127 e. The molecule has 1 atom stereocenters. The lowest BCUT2D eigenvalue weighted by molar-refractivity contribution is 0.134. The zero-order valence-electron chi connectivity index (χ0n) is 20.5. The molecule has 3 aromatic rings. The van der Waals surface area contributed by atoms with E-state index in [1.165, 1.54) is 31.2 Å². The maximum Gasteiger partial charge on any atom is 0.127 e. The van der Waals surface area contributed by atoms with E-state index in [2.05, 4.69) is 59.4 Å². The van der Waals surface area contributed by atoms with Gasteiger partial charge in [-0.1, -0.05) is 54.0 Å². The van der Waals surface area contributed by atoms with Crippen molar-refractivity contribution in [2.45, 2.75) is 58.7 Å². The molecule has 1 unspecified atom stereocenters. The number of ether oxygens (including phenoxy) is 2. The molecule has 2 aromatic carbocycles. The van der Waals surface area contributed by atoms with E-state index in [0.717, 1.165) is 47.1 Å². The van der Waals surface area contributed by atoms with Crippen molar-refractivity contribution in [3.05, 3.63) is 59.3 Å². The molecule has 1 aliphatic carbocycles. The van der Waals surface area contributed by atoms with Crippen LogP contribution in [0.15, 0.2) is 42.5 Å². The third kappa shape index (κ3) is 5.22. The first-order valence-electron chi connectivity index (χ1n) is 11.9. The topological polar surface area (TPSA) is 52.4 Å². The standard InChI is InChI=1S/C27H36N4O2/c1-19-10-12-22(13-11-19)27-25(30(3)29-28-27)18-31(20(2)21-8-6-7-9-21)17-23-14-15-24(32-4)16-26(23)33-5/h10-16,20-21H,6-9,17-18H2,1-5H3. The molecule has 1 aliphatic rings. The summed E-state index contributed by atoms with van der Waals surface area (Å²) in [6, 6.07) is 15.1. The third-order valence-corrected chi connectivity index (χ3v) is 7.15. The molecule has 1 heterocycles. The van der Waals surface area contributed by atoms with Crippen LogP contribution in [0.2, 0.25) is 0 Å². The van der Waals surface area contributed by atoms with Gasteiger partial charge in [-0.3, -0.25) is 9.58 Å². The Hall–Kier alpha value is -2.86. The lowest BCUT2D eigenvalue weighted by Gasteiger charge is -2.33. The number of hydrogen-bond donors (Lipinski definition) is 0. The van der Waals surface area contributed by atoms with Gasteiger partial charge in [0.25, 0.3) is 0 Å². The Balaban J connectivity index is 1.67. The van der Waals surface area contributed by atoms with Gasteiger partial charge in [-0.2, -0.15) is 0 Å². The highest BCUT2D eigenvalue weighted by Crippen LogP contribution is 2.34. The van der Waals surface area contributed by atoms with Crippen LogP contribution in [0, 0.1) is 12.8 Å². The Morgan fingerprint density at radius 3 is 2.42 bits per heavy atom. The first-order chi connectivity index (χ1) is 16.0. The van der Waals surface area contributed by atoms with E-state index >= 15 is 0 Å². The second kappa shape index (κ2) is 10.4. The molecule has 1 aromatic heterocycles. The molecule has 0 amide bonds. The number of benzene rings is 2. The van der Waals surface area contributed by atoms with Crippen LogP contribution in [0.3, 0.4) is 0 Å². The Kier molecular flexibility index (Phi) is 7.33. The summed E-state index contributed by atoms with van der Waals surface area (Å²) in [6.45, 7) is 6.05. The summed E-state index contributed by atoms with van der Waals surface area (Å²) in [5.41, 5.74) is 5.61. The van der Waals surface area contributed by atoms with Crippen LogP contribution >= 0.6 is 0 Å². The maximum absolute atomic E-state index is 5.72. The molecule has 0 spiro atoms. The SMILES string of the molecule is COc1ccc(CN(Cc2c(-c3ccc(C)cc3)nnn2C)C(C)C2CCCC2)c(OC)c1. The molecule has 0 N–H and O–H groups in total. The largest absolute Gasteiger partial charge is 0.497 e. The van der Waals surface area contributed by atoms with Crippen LogP contribution in [0.25, 0.3) is 11.3 Å². The van der Waals surface area contributed by atoms with E-state index in [4.69, 9.17) is 9.47 Å². The lowest BCUT2D eigenvalue weighted by Crippen LogP contribution is -2.37. The number of rotatable bonds is 9. The molecular formula is C27H36N4O2. The average molecular weight is 449 g/mol. The minimum Gasteiger partial charge on any atom is -0.497 e. The van der Waals surface area contributed by atoms with Crippen LogP contribution in [0.4, 0.5) is 0 Å². The number of hydrogen-bond acceptors (Lipinski definition) is 5. The van der Waals surface area contributed by atoms with Crippen LogP contribution in [0.5, 0.6) is 11.5 Å². The Morgan fingerprint density at radius 2 is 1.76 bits per heavy atom. The minimum atomic E-state index is 0.445. The van der Waals surface area contributed by atoms with Crippen LogP contribution in [0.1, 0.15) is 49.4 Å². The van der Waals surface area contributed by atoms with E-state index < -0.39 is 0 Å². The Morgan fingerprint density at radius 1 is 1.03 bits per heavy atom. The third-order valence-electron chi connectivity index (χ3n) is 7.15. The van der Waals surface area contributed by atoms with Gasteiger partial charge < -0.3 is 9.47 Å². The average Bonchev–Trinajstić information content (AvgIpc) is 3.49. The molecule has 4 rings (SSSR count). The van der Waals surface area contributed by atoms with Crippen molar-refractivity contribution in [2.24, 2.45) is 13.0 Å². The normalized spacial score (nSPS) is 15.2. The van der Waals surface area contributed by atoms with Crippen molar-refractivity contribution in [3.63, 3.8) is 0 Å². The van der Waals surface area contributed by atoms with E-state index in [1.807, 2.05) is 23.9 Å². The van der Waals surface area contributed by atoms with Crippen molar-refractivity contribution >= 4 is 0 Å². The second-order valence-corrected chi connectivity index (χ2v) is 9.24. The number of nitrogens with zero attached hydrogens (tertiary/aromatic N) is 4. The predicted octanol–water partition coefficient (Wildman–Crippen LogP) is 5.39. The quantitative estimate of drug-likeness (QED) is 0.439. The van der Waals surface area contributed by atoms with Gasteiger partial charge in [-0.05, 0) is 38.7 Å². The second-order valence-electron chi connectivity index (χ2n) is 9.24. The first-order valence-corrected chi connectivity index (χ1v) is 11.9. The van der Waals surface area contributed by atoms with Crippen molar-refractivity contribution in [3.8, 4) is 22.8 Å². The monoisotopic (exact) mass is 448 g/mol. The van der Waals surface area contributed by atoms with Crippen LogP contribution in [-0.4, -0.2) is 40.2 Å². The van der Waals surface area contributed by atoms with E-state index in [-0.39, 0.29) is 0 Å². The Labute approximate surface area is 197 Å². The molecule has 1 saturated carbocycles. The van der Waals surface area contributed by atoms with Crippen molar-refractivity contribution in [1.82, 2.24) is 19.9 Å². The summed E-state index contributed by atoms with van der Waals surface area (Å²) in [5, 5.41) is 8.92. The van der Waals surface area contributed by atoms with Gasteiger partial charge in [0.2, 0.25) is 0 Å². The van der Waals surface area contributed by atoms with Gasteiger partial charge >= 0.3 is 0 Å². The minimum absolute atomic E-state index is 0.445. The zero-order chi connectivity index (χ0) is 23.4. The first kappa shape index (κ1) is 23.3. The molecule has 0 aliphatic heterocycles. The predicted molar refractivity (Wildman–Crippen MR) is 131 cm³/mol. The van der Waals surface area contributed by atoms with E-state index in [9.17, 15) is 0 Å². The summed E-state index contributed by atoms with van der Waals surface area (Å²) in [6.07, 6.45) is 5.25. The number of methoxy groups -OCH3 is 2. The lowest BCUT2D eigenvalue weighted by atomic mass is 9.97. The summed E-state index contributed by atoms with van der Waals surface area (Å²) in [5.74, 6) is 2.38.